The van der Waals surface area contributed by atoms with Gasteiger partial charge in [0.2, 0.25) is 12.2 Å². The van der Waals surface area contributed by atoms with Crippen LogP contribution < -0.4 is 5.73 Å². The van der Waals surface area contributed by atoms with E-state index in [0.29, 0.717) is 0 Å². The summed E-state index contributed by atoms with van der Waals surface area (Å²) in [6, 6.07) is 0. The lowest BCUT2D eigenvalue weighted by molar-refractivity contribution is -0.118. The molecule has 5 nitrogen and oxygen atoms in total. The monoisotopic (exact) mass is 125 g/mol. The van der Waals surface area contributed by atoms with E-state index in [0.717, 1.165) is 0 Å². The molecule has 1 heterocycles. The molecule has 1 aromatic heterocycles. The van der Waals surface area contributed by atoms with Crippen molar-refractivity contribution in [1.29, 1.82) is 0 Å². The molecule has 0 spiro atoms. The minimum absolute atomic E-state index is 0.0903. The van der Waals surface area contributed by atoms with E-state index in [1.807, 2.05) is 0 Å². The minimum Gasteiger partial charge on any atom is -0.368 e. The number of amides is 1. The molecule has 1 rings (SSSR count). The second kappa shape index (κ2) is 2.25. The Bertz CT molecular complexity index is 192. The van der Waals surface area contributed by atoms with Crippen molar-refractivity contribution < 1.29 is 4.79 Å². The first-order valence-corrected chi connectivity index (χ1v) is 2.33. The van der Waals surface area contributed by atoms with Crippen LogP contribution in [0.1, 0.15) is 0 Å². The number of rotatable bonds is 2. The molecule has 0 aliphatic rings. The highest BCUT2D eigenvalue weighted by Crippen LogP contribution is 1.77. The number of primary amides is 1. The fraction of sp³-hybridized carbons (Fsp3) is 0.250. The third-order valence-electron chi connectivity index (χ3n) is 0.748. The molecule has 2 N–H and O–H groups in total. The number of hydrogen-bond acceptors (Lipinski definition) is 3. The molecule has 47 valence electrons. The van der Waals surface area contributed by atoms with Crippen LogP contribution in [0.25, 0.3) is 0 Å². The molecule has 0 saturated heterocycles. The predicted molar refractivity (Wildman–Crippen MR) is 28.1 cm³/mol. The van der Waals surface area contributed by atoms with Crippen LogP contribution in [0.4, 0.5) is 0 Å². The van der Waals surface area contributed by atoms with E-state index in [9.17, 15) is 4.79 Å². The third-order valence-corrected chi connectivity index (χ3v) is 0.748. The zero-order valence-corrected chi connectivity index (χ0v) is 4.61. The Morgan fingerprint density at radius 2 is 2.67 bits per heavy atom. The van der Waals surface area contributed by atoms with Crippen LogP contribution in [0.5, 0.6) is 0 Å². The van der Waals surface area contributed by atoms with Gasteiger partial charge in [-0.15, -0.1) is 10.2 Å². The van der Waals surface area contributed by atoms with Crippen molar-refractivity contribution in [2.45, 2.75) is 6.54 Å². The van der Waals surface area contributed by atoms with Crippen LogP contribution in [0, 0.1) is 6.33 Å². The summed E-state index contributed by atoms with van der Waals surface area (Å²) < 4.78 is 1.38. The van der Waals surface area contributed by atoms with Gasteiger partial charge in [-0.2, -0.15) is 0 Å². The van der Waals surface area contributed by atoms with Gasteiger partial charge in [-0.25, -0.2) is 0 Å². The van der Waals surface area contributed by atoms with E-state index in [4.69, 9.17) is 5.73 Å². The Labute approximate surface area is 51.5 Å². The van der Waals surface area contributed by atoms with Gasteiger partial charge in [0.1, 0.15) is 12.9 Å². The quantitative estimate of drug-likeness (QED) is 0.526. The van der Waals surface area contributed by atoms with E-state index < -0.39 is 5.91 Å². The molecule has 0 aliphatic heterocycles. The van der Waals surface area contributed by atoms with E-state index in [-0.39, 0.29) is 6.54 Å². The lowest BCUT2D eigenvalue weighted by atomic mass is 10.6. The molecule has 1 radical (unpaired) electrons. The van der Waals surface area contributed by atoms with Crippen LogP contribution in [-0.2, 0) is 11.3 Å². The fourth-order valence-electron chi connectivity index (χ4n) is 0.441. The second-order valence-corrected chi connectivity index (χ2v) is 1.53. The van der Waals surface area contributed by atoms with E-state index >= 15 is 0 Å². The van der Waals surface area contributed by atoms with Crippen molar-refractivity contribution in [3.05, 3.63) is 12.7 Å². The van der Waals surface area contributed by atoms with Gasteiger partial charge in [-0.05, 0) is 0 Å². The summed E-state index contributed by atoms with van der Waals surface area (Å²) in [6.07, 6.45) is 3.80. The summed E-state index contributed by atoms with van der Waals surface area (Å²) >= 11 is 0. The normalized spacial score (nSPS) is 9.33. The van der Waals surface area contributed by atoms with Gasteiger partial charge in [-0.1, -0.05) is 0 Å². The van der Waals surface area contributed by atoms with Gasteiger partial charge in [0.15, 0.2) is 0 Å². The van der Waals surface area contributed by atoms with Crippen LogP contribution in [0.3, 0.4) is 0 Å². The van der Waals surface area contributed by atoms with Crippen molar-refractivity contribution in [3.63, 3.8) is 0 Å². The Morgan fingerprint density at radius 1 is 1.89 bits per heavy atom. The average Bonchev–Trinajstić information content (AvgIpc) is 2.15. The molecule has 1 amide bonds. The van der Waals surface area contributed by atoms with Crippen LogP contribution >= 0.6 is 0 Å². The molecule has 0 unspecified atom stereocenters. The van der Waals surface area contributed by atoms with E-state index in [1.165, 1.54) is 10.9 Å². The van der Waals surface area contributed by atoms with Gasteiger partial charge in [0, 0.05) is 0 Å². The summed E-state index contributed by atoms with van der Waals surface area (Å²) in [5, 5.41) is 6.78. The van der Waals surface area contributed by atoms with E-state index in [2.05, 4.69) is 16.5 Å². The molecule has 0 aromatic carbocycles. The average molecular weight is 125 g/mol. The number of hydrogen-bond donors (Lipinski definition) is 1. The van der Waals surface area contributed by atoms with Crippen molar-refractivity contribution in [2.24, 2.45) is 5.73 Å². The Hall–Kier alpha value is -1.39. The number of nitrogens with two attached hydrogens (primary N) is 1. The standard InChI is InChI=1S/C4H5N4O/c5-4(9)1-8-2-6-7-3-8/h2H,1H2,(H2,5,9). The Kier molecular flexibility index (Phi) is 1.44. The maximum absolute atomic E-state index is 10.2. The predicted octanol–water partition coefficient (Wildman–Crippen LogP) is -1.44. The van der Waals surface area contributed by atoms with Crippen molar-refractivity contribution in [2.75, 3.05) is 0 Å². The first-order chi connectivity index (χ1) is 4.29. The van der Waals surface area contributed by atoms with Gasteiger partial charge in [-0.3, -0.25) is 4.79 Å². The third kappa shape index (κ3) is 1.52. The highest BCUT2D eigenvalue weighted by molar-refractivity contribution is 5.73. The molecule has 0 fully saturated rings. The lowest BCUT2D eigenvalue weighted by Crippen LogP contribution is -2.17. The zero-order valence-electron chi connectivity index (χ0n) is 4.61. The molecule has 5 heteroatoms. The minimum atomic E-state index is -0.425. The summed E-state index contributed by atoms with van der Waals surface area (Å²) in [5.41, 5.74) is 4.85. The van der Waals surface area contributed by atoms with Crippen LogP contribution in [-0.4, -0.2) is 20.7 Å². The molecule has 0 aliphatic carbocycles. The van der Waals surface area contributed by atoms with Crippen molar-refractivity contribution in [1.82, 2.24) is 14.8 Å². The number of aromatic nitrogens is 3. The van der Waals surface area contributed by atoms with Crippen molar-refractivity contribution in [3.8, 4) is 0 Å². The summed E-state index contributed by atoms with van der Waals surface area (Å²) in [5.74, 6) is -0.425. The lowest BCUT2D eigenvalue weighted by Gasteiger charge is -1.90. The first-order valence-electron chi connectivity index (χ1n) is 2.33. The number of carbonyl (C=O) groups is 1. The highest BCUT2D eigenvalue weighted by atomic mass is 16.1. The molecule has 9 heavy (non-hydrogen) atoms. The van der Waals surface area contributed by atoms with Crippen molar-refractivity contribution >= 4 is 5.91 Å². The van der Waals surface area contributed by atoms with Gasteiger partial charge in [0.05, 0.1) is 0 Å². The SMILES string of the molecule is NC(=O)Cn1[c]nnc1. The van der Waals surface area contributed by atoms with E-state index in [1.54, 1.807) is 0 Å². The summed E-state index contributed by atoms with van der Waals surface area (Å²) in [6.45, 7) is 0.0903. The number of carbonyl (C=O) groups excluding carboxylic acids is 1. The smallest absolute Gasteiger partial charge is 0.237 e. The molecular weight excluding hydrogens is 120 g/mol. The molecule has 0 bridgehead atoms. The first kappa shape index (κ1) is 5.74. The largest absolute Gasteiger partial charge is 0.368 e. The molecule has 1 aromatic rings. The van der Waals surface area contributed by atoms with Crippen LogP contribution in [0.2, 0.25) is 0 Å². The maximum atomic E-state index is 10.2. The second-order valence-electron chi connectivity index (χ2n) is 1.53. The van der Waals surface area contributed by atoms with Crippen LogP contribution in [0.15, 0.2) is 6.33 Å². The summed E-state index contributed by atoms with van der Waals surface area (Å²) in [4.78, 5) is 10.2. The fourth-order valence-corrected chi connectivity index (χ4v) is 0.441. The molecular formula is C4H5N4O. The highest BCUT2D eigenvalue weighted by Gasteiger charge is 1.94. The van der Waals surface area contributed by atoms with Gasteiger partial charge >= 0.3 is 0 Å². The topological polar surface area (TPSA) is 73.8 Å². The summed E-state index contributed by atoms with van der Waals surface area (Å²) in [7, 11) is 0. The maximum Gasteiger partial charge on any atom is 0.237 e. The Balaban J connectivity index is 2.58. The van der Waals surface area contributed by atoms with Gasteiger partial charge in [0.25, 0.3) is 0 Å². The number of nitrogens with zero attached hydrogens (tertiary/aromatic N) is 3. The molecule has 0 atom stereocenters. The van der Waals surface area contributed by atoms with Gasteiger partial charge < -0.3 is 10.3 Å². The molecule has 0 saturated carbocycles. The zero-order chi connectivity index (χ0) is 6.69. The Morgan fingerprint density at radius 3 is 3.11 bits per heavy atom.